The van der Waals surface area contributed by atoms with Gasteiger partial charge in [0.2, 0.25) is 0 Å². The molecule has 4 saturated carbocycles. The largest absolute Gasteiger partial charge is 0.244 e. The van der Waals surface area contributed by atoms with E-state index in [1.54, 1.807) is 11.1 Å². The highest BCUT2D eigenvalue weighted by Gasteiger charge is 2.61. The van der Waals surface area contributed by atoms with Crippen molar-refractivity contribution in [1.29, 1.82) is 0 Å². The monoisotopic (exact) mass is 682 g/mol. The van der Waals surface area contributed by atoms with Crippen molar-refractivity contribution in [1.82, 2.24) is 9.97 Å². The summed E-state index contributed by atoms with van der Waals surface area (Å²) in [4.78, 5) is 10.6. The number of para-hydroxylation sites is 2. The van der Waals surface area contributed by atoms with Gasteiger partial charge in [-0.25, -0.2) is 9.97 Å². The Morgan fingerprint density at radius 1 is 0.415 bits per heavy atom. The smallest absolute Gasteiger partial charge is 0.0973 e. The van der Waals surface area contributed by atoms with Gasteiger partial charge in [0.05, 0.1) is 22.4 Å². The van der Waals surface area contributed by atoms with Gasteiger partial charge in [-0.3, -0.25) is 0 Å². The molecule has 13 rings (SSSR count). The summed E-state index contributed by atoms with van der Waals surface area (Å²) in [6.45, 7) is 4.77. The molecule has 0 radical (unpaired) electrons. The second kappa shape index (κ2) is 10.6. The maximum atomic E-state index is 5.37. The van der Waals surface area contributed by atoms with E-state index in [1.807, 2.05) is 0 Å². The highest BCUT2D eigenvalue weighted by Crippen LogP contribution is 2.69. The van der Waals surface area contributed by atoms with Crippen LogP contribution in [0.25, 0.3) is 66.9 Å². The average Bonchev–Trinajstić information content (AvgIpc) is 3.61. The summed E-state index contributed by atoms with van der Waals surface area (Å²) in [6, 6.07) is 50.1. The average molecular weight is 683 g/mol. The normalized spacial score (nSPS) is 25.0. The van der Waals surface area contributed by atoms with Gasteiger partial charge in [-0.1, -0.05) is 117 Å². The van der Waals surface area contributed by atoms with Crippen molar-refractivity contribution in [3.63, 3.8) is 0 Å². The van der Waals surface area contributed by atoms with Crippen LogP contribution in [0.3, 0.4) is 0 Å². The van der Waals surface area contributed by atoms with Gasteiger partial charge in [-0.05, 0) is 142 Å². The SMILES string of the molecule is CC1(C)c2ccccc2-c2ccc(-c3ccc4c(c3)-c3ccc(-c5nc6ccccc6nc5-c5ccccc5)cc3C43C4CC5CC(C4)CC3C5)cc21. The van der Waals surface area contributed by atoms with E-state index in [0.29, 0.717) is 11.8 Å². The summed E-state index contributed by atoms with van der Waals surface area (Å²) in [5.74, 6) is 3.17. The van der Waals surface area contributed by atoms with Gasteiger partial charge < -0.3 is 0 Å². The van der Waals surface area contributed by atoms with Crippen LogP contribution in [0.1, 0.15) is 68.2 Å². The molecule has 4 bridgehead atoms. The van der Waals surface area contributed by atoms with Crippen LogP contribution in [0.4, 0.5) is 0 Å². The molecule has 1 aromatic heterocycles. The first-order chi connectivity index (χ1) is 26.0. The van der Waals surface area contributed by atoms with Crippen LogP contribution < -0.4 is 0 Å². The molecule has 6 aliphatic rings. The molecule has 4 fully saturated rings. The molecule has 0 N–H and O–H groups in total. The summed E-state index contributed by atoms with van der Waals surface area (Å²) in [7, 11) is 0. The summed E-state index contributed by atoms with van der Waals surface area (Å²) >= 11 is 0. The van der Waals surface area contributed by atoms with Crippen LogP contribution >= 0.6 is 0 Å². The summed E-state index contributed by atoms with van der Waals surface area (Å²) < 4.78 is 0. The maximum absolute atomic E-state index is 5.37. The Balaban J connectivity index is 1.05. The lowest BCUT2D eigenvalue weighted by Crippen LogP contribution is -2.55. The number of benzene rings is 6. The van der Waals surface area contributed by atoms with Crippen molar-refractivity contribution in [2.75, 3.05) is 0 Å². The zero-order valence-corrected chi connectivity index (χ0v) is 30.4. The van der Waals surface area contributed by atoms with E-state index in [0.717, 1.165) is 39.8 Å². The molecule has 0 unspecified atom stereocenters. The van der Waals surface area contributed by atoms with Gasteiger partial charge in [0, 0.05) is 22.0 Å². The summed E-state index contributed by atoms with van der Waals surface area (Å²) in [6.07, 6.45) is 6.91. The summed E-state index contributed by atoms with van der Waals surface area (Å²) in [5, 5.41) is 0. The van der Waals surface area contributed by atoms with Gasteiger partial charge in [-0.15, -0.1) is 0 Å². The molecule has 0 aliphatic heterocycles. The molecule has 0 atom stereocenters. The first kappa shape index (κ1) is 30.2. The standard InChI is InChI=1S/C51H42N2/c1-50(2)42-13-7-6-12-38(42)39-19-16-34(28-44(39)50)33-18-21-43-41(27-33)40-20-17-35(29-45(40)51(43)36-23-30-22-31(25-36)26-37(51)24-30)49-48(32-10-4-3-5-11-32)52-46-14-8-9-15-47(46)53-49/h3-21,27-31,36-37H,22-26H2,1-2H3. The fourth-order valence-electron chi connectivity index (χ4n) is 12.4. The van der Waals surface area contributed by atoms with Crippen LogP contribution in [0.15, 0.2) is 133 Å². The molecule has 1 spiro atoms. The Bertz CT molecular complexity index is 2640. The lowest BCUT2D eigenvalue weighted by atomic mass is 9.43. The van der Waals surface area contributed by atoms with E-state index in [-0.39, 0.29) is 10.8 Å². The highest BCUT2D eigenvalue weighted by molar-refractivity contribution is 5.91. The zero-order chi connectivity index (χ0) is 35.1. The zero-order valence-electron chi connectivity index (χ0n) is 30.4. The van der Waals surface area contributed by atoms with Crippen molar-refractivity contribution in [3.8, 4) is 55.9 Å². The molecule has 6 aromatic carbocycles. The third-order valence-corrected chi connectivity index (χ3v) is 14.5. The van der Waals surface area contributed by atoms with E-state index in [4.69, 9.17) is 9.97 Å². The van der Waals surface area contributed by atoms with Crippen molar-refractivity contribution < 1.29 is 0 Å². The molecule has 1 heterocycles. The Labute approximate surface area is 312 Å². The maximum Gasteiger partial charge on any atom is 0.0973 e. The van der Waals surface area contributed by atoms with Crippen LogP contribution in [0.5, 0.6) is 0 Å². The van der Waals surface area contributed by atoms with Crippen molar-refractivity contribution in [2.24, 2.45) is 23.7 Å². The minimum absolute atomic E-state index is 0.0175. The van der Waals surface area contributed by atoms with Gasteiger partial charge in [0.15, 0.2) is 0 Å². The first-order valence-electron chi connectivity index (χ1n) is 19.8. The molecule has 6 aliphatic carbocycles. The third kappa shape index (κ3) is 4.05. The molecule has 2 heteroatoms. The third-order valence-electron chi connectivity index (χ3n) is 14.5. The molecular formula is C51H42N2. The minimum atomic E-state index is -0.0175. The highest BCUT2D eigenvalue weighted by atomic mass is 14.8. The fourth-order valence-corrected chi connectivity index (χ4v) is 12.4. The van der Waals surface area contributed by atoms with Crippen LogP contribution in [0, 0.1) is 23.7 Å². The molecule has 7 aromatic rings. The van der Waals surface area contributed by atoms with Crippen LogP contribution in [0.2, 0.25) is 0 Å². The van der Waals surface area contributed by atoms with E-state index in [1.165, 1.54) is 82.2 Å². The lowest BCUT2D eigenvalue weighted by molar-refractivity contribution is -0.0399. The van der Waals surface area contributed by atoms with Crippen LogP contribution in [-0.2, 0) is 10.8 Å². The Hall–Kier alpha value is -5.34. The number of fused-ring (bicyclic) bond motifs is 7. The van der Waals surface area contributed by atoms with E-state index < -0.39 is 0 Å². The molecule has 0 amide bonds. The van der Waals surface area contributed by atoms with Gasteiger partial charge in [0.1, 0.15) is 0 Å². The molecular weight excluding hydrogens is 641 g/mol. The van der Waals surface area contributed by atoms with Crippen LogP contribution in [-0.4, -0.2) is 9.97 Å². The Kier molecular flexibility index (Phi) is 6.05. The summed E-state index contributed by atoms with van der Waals surface area (Å²) in [5.41, 5.74) is 20.5. The van der Waals surface area contributed by atoms with E-state index in [9.17, 15) is 0 Å². The molecule has 53 heavy (non-hydrogen) atoms. The van der Waals surface area contributed by atoms with Crippen molar-refractivity contribution in [3.05, 3.63) is 156 Å². The second-order valence-corrected chi connectivity index (χ2v) is 17.4. The molecule has 2 nitrogen and oxygen atoms in total. The second-order valence-electron chi connectivity index (χ2n) is 17.4. The van der Waals surface area contributed by atoms with Gasteiger partial charge in [-0.2, -0.15) is 0 Å². The number of hydrogen-bond acceptors (Lipinski definition) is 2. The quantitative estimate of drug-likeness (QED) is 0.185. The first-order valence-corrected chi connectivity index (χ1v) is 19.8. The Morgan fingerprint density at radius 3 is 1.70 bits per heavy atom. The van der Waals surface area contributed by atoms with E-state index in [2.05, 4.69) is 147 Å². The predicted molar refractivity (Wildman–Crippen MR) is 217 cm³/mol. The fraction of sp³-hybridized carbons (Fsp3) is 0.255. The number of aromatic nitrogens is 2. The molecule has 256 valence electrons. The minimum Gasteiger partial charge on any atom is -0.244 e. The Morgan fingerprint density at radius 2 is 0.962 bits per heavy atom. The lowest BCUT2D eigenvalue weighted by Gasteiger charge is -2.61. The van der Waals surface area contributed by atoms with Gasteiger partial charge in [0.25, 0.3) is 0 Å². The predicted octanol–water partition coefficient (Wildman–Crippen LogP) is 12.7. The van der Waals surface area contributed by atoms with E-state index >= 15 is 0 Å². The van der Waals surface area contributed by atoms with Crippen molar-refractivity contribution in [2.45, 2.75) is 56.8 Å². The topological polar surface area (TPSA) is 25.8 Å². The number of rotatable bonds is 3. The van der Waals surface area contributed by atoms with Crippen molar-refractivity contribution >= 4 is 11.0 Å². The number of nitrogens with zero attached hydrogens (tertiary/aromatic N) is 2. The van der Waals surface area contributed by atoms with Gasteiger partial charge >= 0.3 is 0 Å². The molecule has 0 saturated heterocycles. The number of hydrogen-bond donors (Lipinski definition) is 0.